The van der Waals surface area contributed by atoms with Crippen molar-refractivity contribution in [1.82, 2.24) is 14.1 Å². The molecule has 7 heteroatoms. The van der Waals surface area contributed by atoms with E-state index in [-0.39, 0.29) is 5.52 Å². The third-order valence-corrected chi connectivity index (χ3v) is 5.17. The SMILES string of the molecule is COc1ccc(Cl)cc1-c1cc(-c2ccccc2)c2c(n1)c(=O)n(C)c(=O)n2C. The van der Waals surface area contributed by atoms with Crippen LogP contribution in [-0.2, 0) is 14.1 Å². The highest BCUT2D eigenvalue weighted by molar-refractivity contribution is 6.31. The van der Waals surface area contributed by atoms with E-state index in [1.54, 1.807) is 32.4 Å². The fraction of sp³-hybridized carbons (Fsp3) is 0.136. The summed E-state index contributed by atoms with van der Waals surface area (Å²) < 4.78 is 7.98. The lowest BCUT2D eigenvalue weighted by molar-refractivity contribution is 0.416. The summed E-state index contributed by atoms with van der Waals surface area (Å²) in [6, 6.07) is 16.6. The van der Waals surface area contributed by atoms with Gasteiger partial charge in [-0.15, -0.1) is 0 Å². The van der Waals surface area contributed by atoms with E-state index >= 15 is 0 Å². The number of hydrogen-bond donors (Lipinski definition) is 0. The van der Waals surface area contributed by atoms with Crippen molar-refractivity contribution in [3.8, 4) is 28.1 Å². The highest BCUT2D eigenvalue weighted by Gasteiger charge is 2.18. The summed E-state index contributed by atoms with van der Waals surface area (Å²) in [5.41, 5.74) is 2.61. The Morgan fingerprint density at radius 1 is 0.931 bits per heavy atom. The van der Waals surface area contributed by atoms with E-state index in [1.165, 1.54) is 11.6 Å². The molecule has 2 heterocycles. The summed E-state index contributed by atoms with van der Waals surface area (Å²) in [5, 5.41) is 0.525. The first-order chi connectivity index (χ1) is 13.9. The summed E-state index contributed by atoms with van der Waals surface area (Å²) >= 11 is 6.21. The van der Waals surface area contributed by atoms with E-state index < -0.39 is 11.2 Å². The zero-order valence-electron chi connectivity index (χ0n) is 16.1. The molecular weight excluding hydrogens is 390 g/mol. The topological polar surface area (TPSA) is 66.1 Å². The molecule has 2 aromatic heterocycles. The summed E-state index contributed by atoms with van der Waals surface area (Å²) in [6.45, 7) is 0. The van der Waals surface area contributed by atoms with Gasteiger partial charge in [0.15, 0.2) is 5.52 Å². The van der Waals surface area contributed by atoms with Gasteiger partial charge in [0.2, 0.25) is 0 Å². The lowest BCUT2D eigenvalue weighted by atomic mass is 10.0. The summed E-state index contributed by atoms with van der Waals surface area (Å²) in [7, 11) is 4.65. The highest BCUT2D eigenvalue weighted by atomic mass is 35.5. The molecule has 146 valence electrons. The van der Waals surface area contributed by atoms with Crippen LogP contribution >= 0.6 is 11.6 Å². The van der Waals surface area contributed by atoms with Crippen molar-refractivity contribution in [3.05, 3.63) is 80.5 Å². The molecule has 2 aromatic carbocycles. The zero-order chi connectivity index (χ0) is 20.7. The van der Waals surface area contributed by atoms with Crippen molar-refractivity contribution < 1.29 is 4.74 Å². The minimum atomic E-state index is -0.455. The second-order valence-corrected chi connectivity index (χ2v) is 7.11. The number of fused-ring (bicyclic) bond motifs is 1. The normalized spacial score (nSPS) is 11.0. The molecule has 0 aliphatic heterocycles. The molecular formula is C22H18ClN3O3. The first-order valence-electron chi connectivity index (χ1n) is 8.92. The lowest BCUT2D eigenvalue weighted by Crippen LogP contribution is -2.37. The molecule has 0 unspecified atom stereocenters. The number of methoxy groups -OCH3 is 1. The van der Waals surface area contributed by atoms with E-state index in [0.29, 0.717) is 27.5 Å². The van der Waals surface area contributed by atoms with Gasteiger partial charge in [-0.3, -0.25) is 13.9 Å². The number of ether oxygens (including phenoxy) is 1. The molecule has 0 aliphatic rings. The molecule has 0 amide bonds. The van der Waals surface area contributed by atoms with Gasteiger partial charge in [0, 0.05) is 30.2 Å². The monoisotopic (exact) mass is 407 g/mol. The van der Waals surface area contributed by atoms with Gasteiger partial charge in [-0.05, 0) is 29.8 Å². The van der Waals surface area contributed by atoms with Crippen molar-refractivity contribution in [2.24, 2.45) is 14.1 Å². The molecule has 4 rings (SSSR count). The number of hydrogen-bond acceptors (Lipinski definition) is 4. The van der Waals surface area contributed by atoms with Gasteiger partial charge in [-0.1, -0.05) is 41.9 Å². The Bertz CT molecular complexity index is 1360. The molecule has 0 bridgehead atoms. The Labute approximate surface area is 171 Å². The fourth-order valence-corrected chi connectivity index (χ4v) is 3.62. The molecule has 0 fully saturated rings. The van der Waals surface area contributed by atoms with Crippen LogP contribution in [0.1, 0.15) is 0 Å². The number of benzene rings is 2. The van der Waals surface area contributed by atoms with Crippen LogP contribution in [0.5, 0.6) is 5.75 Å². The largest absolute Gasteiger partial charge is 0.496 e. The standard InChI is InChI=1S/C22H18ClN3O3/c1-25-20-15(13-7-5-4-6-8-13)12-17(16-11-14(23)9-10-18(16)29-3)24-19(20)21(27)26(2)22(25)28/h4-12H,1-3H3. The van der Waals surface area contributed by atoms with Gasteiger partial charge >= 0.3 is 5.69 Å². The van der Waals surface area contributed by atoms with Crippen molar-refractivity contribution >= 4 is 22.6 Å². The molecule has 0 aliphatic carbocycles. The zero-order valence-corrected chi connectivity index (χ0v) is 16.9. The maximum absolute atomic E-state index is 12.9. The minimum absolute atomic E-state index is 0.202. The molecule has 0 saturated carbocycles. The van der Waals surface area contributed by atoms with Crippen LogP contribution in [0.15, 0.2) is 64.2 Å². The van der Waals surface area contributed by atoms with Crippen LogP contribution in [-0.4, -0.2) is 21.2 Å². The van der Waals surface area contributed by atoms with E-state index in [1.807, 2.05) is 36.4 Å². The molecule has 0 radical (unpaired) electrons. The van der Waals surface area contributed by atoms with Crippen molar-refractivity contribution in [2.45, 2.75) is 0 Å². The molecule has 6 nitrogen and oxygen atoms in total. The van der Waals surface area contributed by atoms with Gasteiger partial charge in [0.05, 0.1) is 18.3 Å². The third kappa shape index (κ3) is 3.11. The van der Waals surface area contributed by atoms with Crippen molar-refractivity contribution in [1.29, 1.82) is 0 Å². The second-order valence-electron chi connectivity index (χ2n) is 6.67. The second kappa shape index (κ2) is 7.22. The molecule has 0 atom stereocenters. The summed E-state index contributed by atoms with van der Waals surface area (Å²) in [4.78, 5) is 30.1. The number of rotatable bonds is 3. The quantitative estimate of drug-likeness (QED) is 0.520. The number of halogens is 1. The third-order valence-electron chi connectivity index (χ3n) is 4.93. The fourth-order valence-electron chi connectivity index (χ4n) is 3.45. The van der Waals surface area contributed by atoms with E-state index in [4.69, 9.17) is 16.3 Å². The average Bonchev–Trinajstić information content (AvgIpc) is 2.75. The molecule has 0 N–H and O–H groups in total. The van der Waals surface area contributed by atoms with Crippen molar-refractivity contribution in [2.75, 3.05) is 7.11 Å². The van der Waals surface area contributed by atoms with Crippen LogP contribution in [0.3, 0.4) is 0 Å². The molecule has 29 heavy (non-hydrogen) atoms. The Balaban J connectivity index is 2.20. The lowest BCUT2D eigenvalue weighted by Gasteiger charge is -2.15. The Morgan fingerprint density at radius 2 is 1.66 bits per heavy atom. The van der Waals surface area contributed by atoms with E-state index in [2.05, 4.69) is 4.98 Å². The summed E-state index contributed by atoms with van der Waals surface area (Å²) in [5.74, 6) is 0.585. The van der Waals surface area contributed by atoms with Gasteiger partial charge in [0.1, 0.15) is 5.75 Å². The van der Waals surface area contributed by atoms with Crippen LogP contribution in [0.25, 0.3) is 33.4 Å². The maximum atomic E-state index is 12.9. The van der Waals surface area contributed by atoms with E-state index in [0.717, 1.165) is 15.7 Å². The van der Waals surface area contributed by atoms with Gasteiger partial charge < -0.3 is 4.74 Å². The van der Waals surface area contributed by atoms with Crippen LogP contribution in [0.2, 0.25) is 5.02 Å². The molecule has 0 spiro atoms. The Hall–Kier alpha value is -3.38. The highest BCUT2D eigenvalue weighted by Crippen LogP contribution is 2.35. The average molecular weight is 408 g/mol. The number of aryl methyl sites for hydroxylation is 1. The van der Waals surface area contributed by atoms with E-state index in [9.17, 15) is 9.59 Å². The van der Waals surface area contributed by atoms with Gasteiger partial charge in [-0.2, -0.15) is 0 Å². The minimum Gasteiger partial charge on any atom is -0.496 e. The number of aromatic nitrogens is 3. The smallest absolute Gasteiger partial charge is 0.331 e. The number of nitrogens with zero attached hydrogens (tertiary/aromatic N) is 3. The maximum Gasteiger partial charge on any atom is 0.331 e. The predicted molar refractivity (Wildman–Crippen MR) is 115 cm³/mol. The molecule has 0 saturated heterocycles. The molecule has 4 aromatic rings. The number of pyridine rings is 1. The van der Waals surface area contributed by atoms with Crippen LogP contribution < -0.4 is 16.0 Å². The van der Waals surface area contributed by atoms with Crippen molar-refractivity contribution in [3.63, 3.8) is 0 Å². The predicted octanol–water partition coefficient (Wildman–Crippen LogP) is 3.63. The van der Waals surface area contributed by atoms with Gasteiger partial charge in [0.25, 0.3) is 5.56 Å². The van der Waals surface area contributed by atoms with Crippen LogP contribution in [0, 0.1) is 0 Å². The summed E-state index contributed by atoms with van der Waals surface area (Å²) in [6.07, 6.45) is 0. The first kappa shape index (κ1) is 19.0. The Kier molecular flexibility index (Phi) is 4.72. The van der Waals surface area contributed by atoms with Gasteiger partial charge in [-0.25, -0.2) is 9.78 Å². The van der Waals surface area contributed by atoms with Crippen LogP contribution in [0.4, 0.5) is 0 Å². The first-order valence-corrected chi connectivity index (χ1v) is 9.30. The Morgan fingerprint density at radius 3 is 2.34 bits per heavy atom.